The van der Waals surface area contributed by atoms with E-state index in [1.807, 2.05) is 53.3 Å². The van der Waals surface area contributed by atoms with E-state index >= 15 is 0 Å². The number of thioether (sulfide) groups is 1. The van der Waals surface area contributed by atoms with Crippen LogP contribution in [0.15, 0.2) is 59.2 Å². The number of benzene rings is 1. The number of hydrogen-bond donors (Lipinski definition) is 1. The molecule has 0 aliphatic carbocycles. The molecule has 1 aromatic carbocycles. The Morgan fingerprint density at radius 1 is 1.29 bits per heavy atom. The third-order valence-electron chi connectivity index (χ3n) is 4.47. The van der Waals surface area contributed by atoms with Gasteiger partial charge in [0.05, 0.1) is 16.1 Å². The van der Waals surface area contributed by atoms with Crippen LogP contribution < -0.4 is 5.32 Å². The summed E-state index contributed by atoms with van der Waals surface area (Å²) in [6, 6.07) is 12.2. The highest BCUT2D eigenvalue weighted by Crippen LogP contribution is 2.28. The number of nitrogens with one attached hydrogen (secondary N) is 1. The summed E-state index contributed by atoms with van der Waals surface area (Å²) in [5.41, 5.74) is 4.98. The number of nitrogens with zero attached hydrogens (tertiary/aromatic N) is 3. The normalized spacial score (nSPS) is 11.1. The molecule has 0 radical (unpaired) electrons. The minimum absolute atomic E-state index is 0.0317. The van der Waals surface area contributed by atoms with E-state index in [9.17, 15) is 4.79 Å². The van der Waals surface area contributed by atoms with Gasteiger partial charge in [-0.3, -0.25) is 4.79 Å². The number of anilines is 1. The molecule has 0 saturated carbocycles. The van der Waals surface area contributed by atoms with E-state index in [0.717, 1.165) is 44.3 Å². The first-order valence-corrected chi connectivity index (χ1v) is 10.9. The third-order valence-corrected chi connectivity index (χ3v) is 6.36. The Hall–Kier alpha value is -2.64. The maximum Gasteiger partial charge on any atom is 0.234 e. The van der Waals surface area contributed by atoms with Crippen LogP contribution in [0.4, 0.5) is 5.69 Å². The Kier molecular flexibility index (Phi) is 5.45. The molecule has 0 atom stereocenters. The zero-order valence-electron chi connectivity index (χ0n) is 15.7. The number of rotatable bonds is 6. The number of amides is 1. The van der Waals surface area contributed by atoms with E-state index in [1.54, 1.807) is 17.5 Å². The quantitative estimate of drug-likeness (QED) is 0.453. The van der Waals surface area contributed by atoms with Crippen LogP contribution in [-0.2, 0) is 11.2 Å². The van der Waals surface area contributed by atoms with Gasteiger partial charge in [0.2, 0.25) is 5.91 Å². The van der Waals surface area contributed by atoms with E-state index in [-0.39, 0.29) is 5.91 Å². The van der Waals surface area contributed by atoms with E-state index in [1.165, 1.54) is 11.8 Å². The molecule has 3 aromatic heterocycles. The average Bonchev–Trinajstić information content (AvgIpc) is 3.37. The van der Waals surface area contributed by atoms with E-state index in [4.69, 9.17) is 0 Å². The average molecular weight is 409 g/mol. The zero-order chi connectivity index (χ0) is 19.5. The second kappa shape index (κ2) is 8.16. The van der Waals surface area contributed by atoms with Crippen LogP contribution >= 0.6 is 23.1 Å². The van der Waals surface area contributed by atoms with Crippen molar-refractivity contribution in [2.75, 3.05) is 11.1 Å². The van der Waals surface area contributed by atoms with E-state index in [0.29, 0.717) is 5.75 Å². The van der Waals surface area contributed by atoms with Gasteiger partial charge in [0.1, 0.15) is 10.7 Å². The molecule has 0 bridgehead atoms. The maximum atomic E-state index is 12.6. The SMILES string of the molecule is CCc1cccc(C)c1NC(=O)CSc1nccn2nc(-c3cccs3)cc12. The van der Waals surface area contributed by atoms with Crippen molar-refractivity contribution in [1.82, 2.24) is 14.6 Å². The summed E-state index contributed by atoms with van der Waals surface area (Å²) in [5, 5.41) is 10.5. The summed E-state index contributed by atoms with van der Waals surface area (Å²) in [5.74, 6) is 0.264. The fourth-order valence-corrected chi connectivity index (χ4v) is 4.52. The first kappa shape index (κ1) is 18.7. The Balaban J connectivity index is 1.51. The lowest BCUT2D eigenvalue weighted by Gasteiger charge is -2.12. The van der Waals surface area contributed by atoms with Crippen molar-refractivity contribution in [2.45, 2.75) is 25.3 Å². The summed E-state index contributed by atoms with van der Waals surface area (Å²) in [4.78, 5) is 18.1. The number of aryl methyl sites for hydroxylation is 2. The van der Waals surface area contributed by atoms with Crippen molar-refractivity contribution in [1.29, 1.82) is 0 Å². The monoisotopic (exact) mass is 408 g/mol. The number of aromatic nitrogens is 3. The summed E-state index contributed by atoms with van der Waals surface area (Å²) in [7, 11) is 0. The van der Waals surface area contributed by atoms with Gasteiger partial charge in [0.25, 0.3) is 0 Å². The largest absolute Gasteiger partial charge is 0.325 e. The molecule has 3 heterocycles. The number of thiophene rings is 1. The summed E-state index contributed by atoms with van der Waals surface area (Å²) in [6.07, 6.45) is 4.43. The predicted molar refractivity (Wildman–Crippen MR) is 116 cm³/mol. The molecule has 4 aromatic rings. The maximum absolute atomic E-state index is 12.6. The standard InChI is InChI=1S/C21H20N4OS2/c1-3-15-7-4-6-14(2)20(15)23-19(26)13-28-21-17-12-16(18-8-5-11-27-18)24-25(17)10-9-22-21/h4-12H,3,13H2,1-2H3,(H,23,26). The van der Waals surface area contributed by atoms with Crippen molar-refractivity contribution in [3.8, 4) is 10.6 Å². The smallest absolute Gasteiger partial charge is 0.234 e. The lowest BCUT2D eigenvalue weighted by molar-refractivity contribution is -0.113. The van der Waals surface area contributed by atoms with Gasteiger partial charge >= 0.3 is 0 Å². The van der Waals surface area contributed by atoms with Crippen molar-refractivity contribution >= 4 is 40.2 Å². The van der Waals surface area contributed by atoms with Gasteiger partial charge in [0.15, 0.2) is 0 Å². The molecule has 0 unspecified atom stereocenters. The lowest BCUT2D eigenvalue weighted by atomic mass is 10.1. The Morgan fingerprint density at radius 3 is 2.96 bits per heavy atom. The fourth-order valence-electron chi connectivity index (χ4n) is 3.07. The van der Waals surface area contributed by atoms with Crippen LogP contribution in [0.3, 0.4) is 0 Å². The van der Waals surface area contributed by atoms with Crippen molar-refractivity contribution < 1.29 is 4.79 Å². The van der Waals surface area contributed by atoms with Crippen LogP contribution in [0.2, 0.25) is 0 Å². The van der Waals surface area contributed by atoms with E-state index < -0.39 is 0 Å². The summed E-state index contributed by atoms with van der Waals surface area (Å²) in [6.45, 7) is 4.11. The first-order valence-electron chi connectivity index (χ1n) is 9.05. The second-order valence-electron chi connectivity index (χ2n) is 6.37. The second-order valence-corrected chi connectivity index (χ2v) is 8.28. The molecule has 7 heteroatoms. The zero-order valence-corrected chi connectivity index (χ0v) is 17.3. The highest BCUT2D eigenvalue weighted by molar-refractivity contribution is 8.00. The third kappa shape index (κ3) is 3.81. The molecular weight excluding hydrogens is 388 g/mol. The van der Waals surface area contributed by atoms with Crippen LogP contribution in [-0.4, -0.2) is 26.3 Å². The van der Waals surface area contributed by atoms with Crippen molar-refractivity contribution in [3.05, 3.63) is 65.3 Å². The molecule has 0 saturated heterocycles. The van der Waals surface area contributed by atoms with Crippen molar-refractivity contribution in [2.24, 2.45) is 0 Å². The van der Waals surface area contributed by atoms with Gasteiger partial charge < -0.3 is 5.32 Å². The summed E-state index contributed by atoms with van der Waals surface area (Å²) >= 11 is 3.08. The number of carbonyl (C=O) groups excluding carboxylic acids is 1. The van der Waals surface area contributed by atoms with Gasteiger partial charge in [-0.15, -0.1) is 11.3 Å². The molecule has 0 spiro atoms. The summed E-state index contributed by atoms with van der Waals surface area (Å²) < 4.78 is 1.82. The first-order chi connectivity index (χ1) is 13.7. The fraction of sp³-hybridized carbons (Fsp3) is 0.190. The Bertz CT molecular complexity index is 1120. The molecule has 0 aliphatic heterocycles. The van der Waals surface area contributed by atoms with Crippen LogP contribution in [0.1, 0.15) is 18.1 Å². The molecule has 0 fully saturated rings. The molecule has 142 valence electrons. The number of hydrogen-bond acceptors (Lipinski definition) is 5. The molecule has 0 aliphatic rings. The number of fused-ring (bicyclic) bond motifs is 1. The molecule has 28 heavy (non-hydrogen) atoms. The molecular formula is C21H20N4OS2. The van der Waals surface area contributed by atoms with Crippen LogP contribution in [0, 0.1) is 6.92 Å². The molecule has 1 N–H and O–H groups in total. The van der Waals surface area contributed by atoms with Gasteiger partial charge in [0, 0.05) is 18.1 Å². The lowest BCUT2D eigenvalue weighted by Crippen LogP contribution is -2.16. The highest BCUT2D eigenvalue weighted by Gasteiger charge is 2.13. The van der Waals surface area contributed by atoms with E-state index in [2.05, 4.69) is 28.4 Å². The minimum atomic E-state index is -0.0317. The van der Waals surface area contributed by atoms with Crippen molar-refractivity contribution in [3.63, 3.8) is 0 Å². The number of carbonyl (C=O) groups is 1. The number of para-hydroxylation sites is 1. The Labute approximate surface area is 171 Å². The van der Waals surface area contributed by atoms with Gasteiger partial charge in [-0.05, 0) is 42.0 Å². The minimum Gasteiger partial charge on any atom is -0.325 e. The molecule has 1 amide bonds. The topological polar surface area (TPSA) is 59.3 Å². The molecule has 5 nitrogen and oxygen atoms in total. The van der Waals surface area contributed by atoms with Gasteiger partial charge in [-0.25, -0.2) is 9.50 Å². The molecule has 4 rings (SSSR count). The van der Waals surface area contributed by atoms with Crippen LogP contribution in [0.5, 0.6) is 0 Å². The Morgan fingerprint density at radius 2 is 2.18 bits per heavy atom. The van der Waals surface area contributed by atoms with Gasteiger partial charge in [-0.2, -0.15) is 5.10 Å². The highest BCUT2D eigenvalue weighted by atomic mass is 32.2. The van der Waals surface area contributed by atoms with Gasteiger partial charge in [-0.1, -0.05) is 43.0 Å². The van der Waals surface area contributed by atoms with Crippen LogP contribution in [0.25, 0.3) is 16.1 Å². The predicted octanol–water partition coefficient (Wildman–Crippen LogP) is 5.06.